The van der Waals surface area contributed by atoms with Crippen LogP contribution in [0.25, 0.3) is 72.5 Å². The van der Waals surface area contributed by atoms with Gasteiger partial charge in [0.2, 0.25) is 0 Å². The van der Waals surface area contributed by atoms with Gasteiger partial charge in [-0.25, -0.2) is 15.0 Å². The molecule has 2 aromatic heterocycles. The molecule has 0 fully saturated rings. The number of allylic oxidation sites excluding steroid dienone is 4. The van der Waals surface area contributed by atoms with Gasteiger partial charge in [0.05, 0.1) is 33.8 Å². The predicted molar refractivity (Wildman–Crippen MR) is 254 cm³/mol. The molecule has 9 aromatic rings. The average Bonchev–Trinajstić information content (AvgIpc) is 3.68. The van der Waals surface area contributed by atoms with Crippen molar-refractivity contribution in [1.82, 2.24) is 14.5 Å². The number of fused-ring (bicyclic) bond motifs is 5. The quantitative estimate of drug-likeness (QED) is 0.151. The minimum atomic E-state index is 0.293. The lowest BCUT2D eigenvalue weighted by Gasteiger charge is -2.16. The highest BCUT2D eigenvalue weighted by Crippen LogP contribution is 2.41. The molecule has 0 atom stereocenters. The third kappa shape index (κ3) is 7.06. The van der Waals surface area contributed by atoms with Crippen molar-refractivity contribution in [3.05, 3.63) is 223 Å². The lowest BCUT2D eigenvalue weighted by Crippen LogP contribution is -2.13. The zero-order chi connectivity index (χ0) is 41.3. The first-order valence-corrected chi connectivity index (χ1v) is 20.6. The van der Waals surface area contributed by atoms with E-state index in [0.717, 1.165) is 84.3 Å². The first-order valence-electron chi connectivity index (χ1n) is 20.6. The van der Waals surface area contributed by atoms with Gasteiger partial charge in [-0.1, -0.05) is 158 Å². The smallest absolute Gasteiger partial charge is 0.160 e. The fraction of sp³-hybridized carbons (Fsp3) is 0.0536. The number of hydrogen-bond acceptors (Lipinski definition) is 4. The molecule has 5 nitrogen and oxygen atoms in total. The van der Waals surface area contributed by atoms with E-state index < -0.39 is 0 Å². The molecule has 0 unspecified atom stereocenters. The van der Waals surface area contributed by atoms with Crippen molar-refractivity contribution in [3.63, 3.8) is 0 Å². The van der Waals surface area contributed by atoms with Gasteiger partial charge in [-0.15, -0.1) is 0 Å². The van der Waals surface area contributed by atoms with E-state index in [4.69, 9.17) is 19.7 Å². The Morgan fingerprint density at radius 1 is 0.623 bits per heavy atom. The van der Waals surface area contributed by atoms with E-state index in [1.54, 1.807) is 0 Å². The maximum atomic E-state index is 6.52. The molecule has 0 aliphatic carbocycles. The van der Waals surface area contributed by atoms with Crippen LogP contribution < -0.4 is 4.74 Å². The summed E-state index contributed by atoms with van der Waals surface area (Å²) < 4.78 is 8.85. The summed E-state index contributed by atoms with van der Waals surface area (Å²) in [5.41, 5.74) is 15.8. The fourth-order valence-corrected chi connectivity index (χ4v) is 8.33. The second-order valence-corrected chi connectivity index (χ2v) is 15.2. The van der Waals surface area contributed by atoms with Crippen LogP contribution in [0.4, 0.5) is 5.69 Å². The summed E-state index contributed by atoms with van der Waals surface area (Å²) in [6, 6.07) is 61.0. The molecule has 1 aliphatic rings. The van der Waals surface area contributed by atoms with Gasteiger partial charge < -0.3 is 9.30 Å². The number of aromatic nitrogens is 3. The van der Waals surface area contributed by atoms with E-state index in [1.807, 2.05) is 49.4 Å². The minimum Gasteiger partial charge on any atom is -0.487 e. The van der Waals surface area contributed by atoms with Crippen molar-refractivity contribution in [2.24, 2.45) is 4.99 Å². The molecule has 292 valence electrons. The monoisotopic (exact) mass is 786 g/mol. The molecule has 0 N–H and O–H groups in total. The van der Waals surface area contributed by atoms with Gasteiger partial charge >= 0.3 is 0 Å². The number of nitrogens with zero attached hydrogens (tertiary/aromatic N) is 4. The highest BCUT2D eigenvalue weighted by molar-refractivity contribution is 6.09. The molecule has 61 heavy (non-hydrogen) atoms. The van der Waals surface area contributed by atoms with Gasteiger partial charge in [0.15, 0.2) is 5.82 Å². The average molecular weight is 787 g/mol. The zero-order valence-electron chi connectivity index (χ0n) is 34.1. The maximum Gasteiger partial charge on any atom is 0.160 e. The molecule has 5 heteroatoms. The summed E-state index contributed by atoms with van der Waals surface area (Å²) in [6.45, 7) is 9.04. The first kappa shape index (κ1) is 37.4. The maximum absolute atomic E-state index is 6.52. The number of benzene rings is 7. The van der Waals surface area contributed by atoms with Crippen LogP contribution in [0.1, 0.15) is 36.1 Å². The Morgan fingerprint density at radius 3 is 1.92 bits per heavy atom. The van der Waals surface area contributed by atoms with Crippen LogP contribution in [0.5, 0.6) is 5.75 Å². The van der Waals surface area contributed by atoms with Crippen molar-refractivity contribution < 1.29 is 4.74 Å². The summed E-state index contributed by atoms with van der Waals surface area (Å²) >= 11 is 0. The van der Waals surface area contributed by atoms with Gasteiger partial charge in [0.25, 0.3) is 0 Å². The fourth-order valence-electron chi connectivity index (χ4n) is 8.33. The van der Waals surface area contributed by atoms with Gasteiger partial charge in [-0.05, 0) is 78.6 Å². The van der Waals surface area contributed by atoms with Crippen molar-refractivity contribution >= 4 is 44.4 Å². The van der Waals surface area contributed by atoms with E-state index in [-0.39, 0.29) is 0 Å². The van der Waals surface area contributed by atoms with Gasteiger partial charge in [0.1, 0.15) is 12.4 Å². The normalized spacial score (nSPS) is 13.0. The highest BCUT2D eigenvalue weighted by Gasteiger charge is 2.21. The van der Waals surface area contributed by atoms with Crippen LogP contribution >= 0.6 is 0 Å². The Bertz CT molecular complexity index is 3150. The van der Waals surface area contributed by atoms with Crippen LogP contribution in [0.15, 0.2) is 206 Å². The van der Waals surface area contributed by atoms with Crippen LogP contribution in [-0.4, -0.2) is 26.9 Å². The second kappa shape index (κ2) is 16.0. The predicted octanol–water partition coefficient (Wildman–Crippen LogP) is 14.1. The molecule has 1 aliphatic heterocycles. The first-order chi connectivity index (χ1) is 30.0. The third-order valence-corrected chi connectivity index (χ3v) is 11.4. The standard InChI is InChI=1S/C56H42N4O/c1-4-5-16-37(2)44-22-15-23-48-55(44)38(3)45-19-11-14-26-54(45)61-36-51(57-48)41-29-27-39(28-30-41)49-35-50(59-56(58-49)42-17-7-6-8-18-42)40-31-33-43(34-32-40)60-52-24-12-9-20-46(52)47-21-10-13-25-53(47)60/h4-35H,3,36H2,1-2H3/b5-4-,37-16+,57-51?. The minimum absolute atomic E-state index is 0.293. The molecular weight excluding hydrogens is 745 g/mol. The lowest BCUT2D eigenvalue weighted by molar-refractivity contribution is 0.376. The molecule has 0 spiro atoms. The summed E-state index contributed by atoms with van der Waals surface area (Å²) in [5.74, 6) is 1.45. The van der Waals surface area contributed by atoms with Gasteiger partial charge in [-0.2, -0.15) is 0 Å². The molecule has 7 aromatic carbocycles. The number of para-hydroxylation sites is 3. The van der Waals surface area contributed by atoms with E-state index in [9.17, 15) is 0 Å². The van der Waals surface area contributed by atoms with E-state index >= 15 is 0 Å². The number of rotatable bonds is 7. The summed E-state index contributed by atoms with van der Waals surface area (Å²) in [5, 5.41) is 2.48. The van der Waals surface area contributed by atoms with Crippen LogP contribution in [0.3, 0.4) is 0 Å². The van der Waals surface area contributed by atoms with E-state index in [1.165, 1.54) is 21.8 Å². The second-order valence-electron chi connectivity index (χ2n) is 15.2. The molecule has 0 saturated carbocycles. The Morgan fingerprint density at radius 2 is 1.23 bits per heavy atom. The molecule has 10 rings (SSSR count). The van der Waals surface area contributed by atoms with Crippen LogP contribution in [0, 0.1) is 0 Å². The van der Waals surface area contributed by atoms with Gasteiger partial charge in [-0.3, -0.25) is 0 Å². The van der Waals surface area contributed by atoms with Crippen molar-refractivity contribution in [3.8, 4) is 45.3 Å². The highest BCUT2D eigenvalue weighted by atomic mass is 16.5. The Labute approximate surface area is 356 Å². The van der Waals surface area contributed by atoms with E-state index in [2.05, 4.69) is 170 Å². The summed E-state index contributed by atoms with van der Waals surface area (Å²) in [6.07, 6.45) is 6.23. The van der Waals surface area contributed by atoms with Gasteiger partial charge in [0, 0.05) is 44.3 Å². The number of aliphatic imine (C=N–C) groups is 1. The Kier molecular flexibility index (Phi) is 9.83. The van der Waals surface area contributed by atoms with Crippen molar-refractivity contribution in [2.75, 3.05) is 6.61 Å². The number of ether oxygens (including phenoxy) is 1. The number of hydrogen-bond donors (Lipinski definition) is 0. The van der Waals surface area contributed by atoms with Crippen molar-refractivity contribution in [2.45, 2.75) is 13.8 Å². The van der Waals surface area contributed by atoms with Crippen molar-refractivity contribution in [1.29, 1.82) is 0 Å². The SMILES string of the molecule is C=C1c2ccccc2OCC(c2ccc(-c3cc(-c4ccc(-n5c6ccccc6c6ccccc65)cc4)nc(-c4ccccc4)n3)cc2)=Nc2cccc(/C(C)=C/C=C\C)c21. The van der Waals surface area contributed by atoms with Crippen LogP contribution in [0.2, 0.25) is 0 Å². The molecule has 3 heterocycles. The van der Waals surface area contributed by atoms with E-state index in [0.29, 0.717) is 12.4 Å². The molecule has 0 radical (unpaired) electrons. The topological polar surface area (TPSA) is 52.3 Å². The Balaban J connectivity index is 1.04. The molecular formula is C56H42N4O. The third-order valence-electron chi connectivity index (χ3n) is 11.4. The Hall–Kier alpha value is -7.89. The molecule has 0 bridgehead atoms. The zero-order valence-corrected chi connectivity index (χ0v) is 34.1. The molecule has 0 saturated heterocycles. The lowest BCUT2D eigenvalue weighted by atomic mass is 9.90. The van der Waals surface area contributed by atoms with Crippen LogP contribution in [-0.2, 0) is 0 Å². The molecule has 0 amide bonds. The largest absolute Gasteiger partial charge is 0.487 e. The summed E-state index contributed by atoms with van der Waals surface area (Å²) in [7, 11) is 0. The summed E-state index contributed by atoms with van der Waals surface area (Å²) in [4.78, 5) is 15.6.